The first-order valence-electron chi connectivity index (χ1n) is 7.31. The molecule has 0 saturated carbocycles. The van der Waals surface area contributed by atoms with Crippen molar-refractivity contribution in [1.29, 1.82) is 0 Å². The van der Waals surface area contributed by atoms with E-state index in [9.17, 15) is 9.90 Å². The molecule has 1 amide bonds. The van der Waals surface area contributed by atoms with Gasteiger partial charge >= 0.3 is 0 Å². The Balaban J connectivity index is 2.50. The monoisotopic (exact) mass is 351 g/mol. The summed E-state index contributed by atoms with van der Waals surface area (Å²) in [5.41, 5.74) is 2.86. The molecule has 0 aliphatic rings. The fourth-order valence-corrected chi connectivity index (χ4v) is 3.24. The van der Waals surface area contributed by atoms with Crippen molar-refractivity contribution < 1.29 is 9.90 Å². The lowest BCUT2D eigenvalue weighted by Crippen LogP contribution is -2.16. The zero-order valence-electron chi connectivity index (χ0n) is 13.5. The lowest BCUT2D eigenvalue weighted by atomic mass is 9.93. The van der Waals surface area contributed by atoms with Crippen LogP contribution in [0.25, 0.3) is 0 Å². The molecule has 0 saturated heterocycles. The molecule has 3 nitrogen and oxygen atoms in total. The summed E-state index contributed by atoms with van der Waals surface area (Å²) < 4.78 is 0. The van der Waals surface area contributed by atoms with Crippen LogP contribution in [0.2, 0.25) is 10.0 Å². The number of phenolic OH excluding ortho intramolecular Hbond substituents is 1. The zero-order valence-corrected chi connectivity index (χ0v) is 15.0. The van der Waals surface area contributed by atoms with E-state index >= 15 is 0 Å². The van der Waals surface area contributed by atoms with Crippen LogP contribution in [0.3, 0.4) is 0 Å². The van der Waals surface area contributed by atoms with Crippen molar-refractivity contribution in [2.45, 2.75) is 33.6 Å². The Hall–Kier alpha value is -1.71. The average molecular weight is 352 g/mol. The standard InChI is InChI=1S/C18H19Cl2NO2/c1-9(2)15-13(20)8-11(4)17(22)16(15)18(23)21-14-6-5-10(3)7-12(14)19/h5-9,22H,1-4H3,(H,21,23). The quantitative estimate of drug-likeness (QED) is 0.745. The molecule has 0 radical (unpaired) electrons. The number of benzene rings is 2. The number of anilines is 1. The van der Waals surface area contributed by atoms with Gasteiger partial charge in [0, 0.05) is 5.02 Å². The molecule has 2 aromatic carbocycles. The highest BCUT2D eigenvalue weighted by molar-refractivity contribution is 6.34. The topological polar surface area (TPSA) is 49.3 Å². The summed E-state index contributed by atoms with van der Waals surface area (Å²) in [6.07, 6.45) is 0. The second-order valence-corrected chi connectivity index (χ2v) is 6.72. The molecule has 0 aliphatic heterocycles. The minimum atomic E-state index is -0.428. The van der Waals surface area contributed by atoms with Crippen LogP contribution in [0.1, 0.15) is 46.8 Å². The molecule has 23 heavy (non-hydrogen) atoms. The third-order valence-electron chi connectivity index (χ3n) is 3.66. The summed E-state index contributed by atoms with van der Waals surface area (Å²) >= 11 is 12.4. The second-order valence-electron chi connectivity index (χ2n) is 5.90. The van der Waals surface area contributed by atoms with E-state index in [0.29, 0.717) is 26.9 Å². The highest BCUT2D eigenvalue weighted by atomic mass is 35.5. The summed E-state index contributed by atoms with van der Waals surface area (Å²) in [5, 5.41) is 14.0. The van der Waals surface area contributed by atoms with Crippen molar-refractivity contribution in [3.05, 3.63) is 56.6 Å². The normalized spacial score (nSPS) is 10.9. The molecule has 0 aliphatic carbocycles. The number of phenols is 1. The Morgan fingerprint density at radius 3 is 2.35 bits per heavy atom. The third kappa shape index (κ3) is 3.62. The number of carbonyl (C=O) groups is 1. The maximum absolute atomic E-state index is 12.7. The lowest BCUT2D eigenvalue weighted by molar-refractivity contribution is 0.102. The van der Waals surface area contributed by atoms with Crippen LogP contribution in [-0.2, 0) is 0 Å². The third-order valence-corrected chi connectivity index (χ3v) is 4.28. The van der Waals surface area contributed by atoms with Gasteiger partial charge in [-0.15, -0.1) is 0 Å². The number of amides is 1. The van der Waals surface area contributed by atoms with Crippen molar-refractivity contribution in [3.63, 3.8) is 0 Å². The molecule has 0 aromatic heterocycles. The fraction of sp³-hybridized carbons (Fsp3) is 0.278. The van der Waals surface area contributed by atoms with Crippen LogP contribution in [0, 0.1) is 13.8 Å². The van der Waals surface area contributed by atoms with Gasteiger partial charge in [-0.3, -0.25) is 4.79 Å². The van der Waals surface area contributed by atoms with Gasteiger partial charge in [0.25, 0.3) is 5.91 Å². The number of hydrogen-bond donors (Lipinski definition) is 2. The first kappa shape index (κ1) is 17.6. The highest BCUT2D eigenvalue weighted by Crippen LogP contribution is 2.37. The minimum Gasteiger partial charge on any atom is -0.507 e. The van der Waals surface area contributed by atoms with Gasteiger partial charge < -0.3 is 10.4 Å². The van der Waals surface area contributed by atoms with E-state index in [2.05, 4.69) is 5.32 Å². The molecule has 2 N–H and O–H groups in total. The molecule has 0 unspecified atom stereocenters. The van der Waals surface area contributed by atoms with Gasteiger partial charge in [0.1, 0.15) is 5.75 Å². The van der Waals surface area contributed by atoms with Gasteiger partial charge in [-0.1, -0.05) is 43.1 Å². The van der Waals surface area contributed by atoms with Crippen molar-refractivity contribution in [1.82, 2.24) is 0 Å². The summed E-state index contributed by atoms with van der Waals surface area (Å²) in [4.78, 5) is 12.7. The number of halogens is 2. The predicted molar refractivity (Wildman–Crippen MR) is 96.1 cm³/mol. The first-order chi connectivity index (χ1) is 10.7. The predicted octanol–water partition coefficient (Wildman–Crippen LogP) is 5.69. The molecular formula is C18H19Cl2NO2. The van der Waals surface area contributed by atoms with Gasteiger partial charge in [0.15, 0.2) is 0 Å². The molecule has 0 atom stereocenters. The van der Waals surface area contributed by atoms with Crippen LogP contribution < -0.4 is 5.32 Å². The Kier molecular flexibility index (Phi) is 5.23. The SMILES string of the molecule is Cc1ccc(NC(=O)c2c(O)c(C)cc(Cl)c2C(C)C)c(Cl)c1. The van der Waals surface area contributed by atoms with E-state index in [1.807, 2.05) is 26.8 Å². The molecule has 5 heteroatoms. The second kappa shape index (κ2) is 6.81. The molecule has 0 spiro atoms. The largest absolute Gasteiger partial charge is 0.507 e. The number of aryl methyl sites for hydroxylation is 2. The summed E-state index contributed by atoms with van der Waals surface area (Å²) in [6, 6.07) is 7.03. The maximum Gasteiger partial charge on any atom is 0.259 e. The van der Waals surface area contributed by atoms with Gasteiger partial charge in [-0.25, -0.2) is 0 Å². The van der Waals surface area contributed by atoms with E-state index in [-0.39, 0.29) is 17.2 Å². The summed E-state index contributed by atoms with van der Waals surface area (Å²) in [5.74, 6) is -0.496. The molecule has 122 valence electrons. The van der Waals surface area contributed by atoms with Crippen LogP contribution in [0.4, 0.5) is 5.69 Å². The number of hydrogen-bond acceptors (Lipinski definition) is 2. The molecule has 2 aromatic rings. The summed E-state index contributed by atoms with van der Waals surface area (Å²) in [6.45, 7) is 7.47. The first-order valence-corrected chi connectivity index (χ1v) is 8.07. The Labute approximate surface area is 146 Å². The van der Waals surface area contributed by atoms with Gasteiger partial charge in [-0.05, 0) is 54.7 Å². The van der Waals surface area contributed by atoms with E-state index in [1.54, 1.807) is 25.1 Å². The molecule has 0 heterocycles. The minimum absolute atomic E-state index is 0.0109. The lowest BCUT2D eigenvalue weighted by Gasteiger charge is -2.18. The Bertz CT molecular complexity index is 770. The van der Waals surface area contributed by atoms with Crippen LogP contribution in [-0.4, -0.2) is 11.0 Å². The molecule has 0 fully saturated rings. The van der Waals surface area contributed by atoms with Crippen molar-refractivity contribution in [3.8, 4) is 5.75 Å². The van der Waals surface area contributed by atoms with Crippen LogP contribution in [0.5, 0.6) is 5.75 Å². The zero-order chi connectivity index (χ0) is 17.3. The van der Waals surface area contributed by atoms with Gasteiger partial charge in [0.2, 0.25) is 0 Å². The maximum atomic E-state index is 12.7. The molecular weight excluding hydrogens is 333 g/mol. The van der Waals surface area contributed by atoms with E-state index in [1.165, 1.54) is 0 Å². The average Bonchev–Trinajstić information content (AvgIpc) is 2.44. The van der Waals surface area contributed by atoms with E-state index < -0.39 is 5.91 Å². The number of nitrogens with one attached hydrogen (secondary N) is 1. The van der Waals surface area contributed by atoms with E-state index in [4.69, 9.17) is 23.2 Å². The van der Waals surface area contributed by atoms with Gasteiger partial charge in [-0.2, -0.15) is 0 Å². The van der Waals surface area contributed by atoms with Crippen LogP contribution >= 0.6 is 23.2 Å². The van der Waals surface area contributed by atoms with E-state index in [0.717, 1.165) is 5.56 Å². The van der Waals surface area contributed by atoms with Crippen molar-refractivity contribution in [2.75, 3.05) is 5.32 Å². The smallest absolute Gasteiger partial charge is 0.259 e. The van der Waals surface area contributed by atoms with Crippen molar-refractivity contribution >= 4 is 34.8 Å². The molecule has 2 rings (SSSR count). The highest BCUT2D eigenvalue weighted by Gasteiger charge is 2.23. The van der Waals surface area contributed by atoms with Crippen LogP contribution in [0.15, 0.2) is 24.3 Å². The number of carbonyl (C=O) groups excluding carboxylic acids is 1. The fourth-order valence-electron chi connectivity index (χ4n) is 2.48. The number of rotatable bonds is 3. The van der Waals surface area contributed by atoms with Gasteiger partial charge in [0.05, 0.1) is 16.3 Å². The number of aromatic hydroxyl groups is 1. The Morgan fingerprint density at radius 1 is 1.13 bits per heavy atom. The molecule has 0 bridgehead atoms. The Morgan fingerprint density at radius 2 is 1.78 bits per heavy atom. The van der Waals surface area contributed by atoms with Crippen molar-refractivity contribution in [2.24, 2.45) is 0 Å². The summed E-state index contributed by atoms with van der Waals surface area (Å²) in [7, 11) is 0.